The van der Waals surface area contributed by atoms with Gasteiger partial charge in [-0.3, -0.25) is 4.57 Å². The van der Waals surface area contributed by atoms with Crippen molar-refractivity contribution in [2.75, 3.05) is 12.3 Å². The molecule has 0 radical (unpaired) electrons. The van der Waals surface area contributed by atoms with Gasteiger partial charge in [-0.15, -0.1) is 0 Å². The summed E-state index contributed by atoms with van der Waals surface area (Å²) >= 11 is 0. The Morgan fingerprint density at radius 1 is 1.34 bits per heavy atom. The fourth-order valence-electron chi connectivity index (χ4n) is 3.20. The van der Waals surface area contributed by atoms with Crippen LogP contribution in [-0.2, 0) is 13.8 Å². The zero-order chi connectivity index (χ0) is 20.1. The minimum Gasteiger partial charge on any atom is -0.756 e. The van der Waals surface area contributed by atoms with Gasteiger partial charge in [0.1, 0.15) is 36.1 Å². The summed E-state index contributed by atoms with van der Waals surface area (Å²) in [5, 5.41) is 21.1. The summed E-state index contributed by atoms with van der Waals surface area (Å²) in [4.78, 5) is 27.7. The van der Waals surface area contributed by atoms with Crippen molar-refractivity contribution in [3.05, 3.63) is 31.1 Å². The van der Waals surface area contributed by atoms with Crippen molar-refractivity contribution in [1.29, 1.82) is 0 Å². The van der Waals surface area contributed by atoms with Gasteiger partial charge in [0.15, 0.2) is 6.23 Å². The number of phosphoric ester groups is 1. The summed E-state index contributed by atoms with van der Waals surface area (Å²) in [6.07, 6.45) is 0.602. The number of aliphatic hydroxyl groups is 2. The van der Waals surface area contributed by atoms with Crippen LogP contribution in [0.4, 0.5) is 5.82 Å². The smallest absolute Gasteiger partial charge is 0.756 e. The number of hydrogen-bond donors (Lipinski definition) is 4. The van der Waals surface area contributed by atoms with Crippen molar-refractivity contribution in [2.45, 2.75) is 24.5 Å². The second kappa shape index (κ2) is 8.44. The molecule has 12 nitrogen and oxygen atoms in total. The topological polar surface area (TPSA) is 189 Å². The van der Waals surface area contributed by atoms with Crippen molar-refractivity contribution in [1.82, 2.24) is 14.5 Å². The van der Waals surface area contributed by atoms with E-state index in [0.29, 0.717) is 22.2 Å². The third-order valence-electron chi connectivity index (χ3n) is 4.48. The Morgan fingerprint density at radius 2 is 2.10 bits per heavy atom. The standard InChI is InChI=1S/C15H17N4O8P.Na/c16-13-10-8(7-1-2-25-4-7)3-19(14(10)18-6-17-13)15-12(21)11(20)9(27-15)5-26-28(22,23)24;/h1-4,6,9,11-12,15,20-21H,5H2,(H2,16,17,18)(H2,22,23,24);/q;+1/p-1/t9-,11?,12+,15-;/m1./s1. The Balaban J connectivity index is 0.00000240. The zero-order valence-electron chi connectivity index (χ0n) is 15.2. The molecule has 150 valence electrons. The molecule has 1 saturated heterocycles. The van der Waals surface area contributed by atoms with E-state index in [2.05, 4.69) is 14.5 Å². The first-order valence-electron chi connectivity index (χ1n) is 8.10. The summed E-state index contributed by atoms with van der Waals surface area (Å²) in [6.45, 7) is -0.670. The molecule has 3 aromatic rings. The van der Waals surface area contributed by atoms with Crippen LogP contribution in [0.1, 0.15) is 6.23 Å². The van der Waals surface area contributed by atoms with Crippen molar-refractivity contribution in [3.8, 4) is 11.1 Å². The summed E-state index contributed by atoms with van der Waals surface area (Å²) in [5.41, 5.74) is 7.63. The van der Waals surface area contributed by atoms with Crippen LogP contribution in [-0.4, -0.2) is 54.6 Å². The number of phosphoric acid groups is 1. The molecule has 5 atom stereocenters. The predicted octanol–water partition coefficient (Wildman–Crippen LogP) is -3.63. The number of anilines is 1. The molecule has 0 aliphatic carbocycles. The number of ether oxygens (including phenoxy) is 1. The van der Waals surface area contributed by atoms with Gasteiger partial charge in [-0.25, -0.2) is 9.97 Å². The first-order valence-corrected chi connectivity index (χ1v) is 9.59. The fraction of sp³-hybridized carbons (Fsp3) is 0.333. The van der Waals surface area contributed by atoms with Crippen molar-refractivity contribution in [2.24, 2.45) is 0 Å². The van der Waals surface area contributed by atoms with Gasteiger partial charge in [0.2, 0.25) is 0 Å². The number of nitrogens with two attached hydrogens (primary N) is 1. The van der Waals surface area contributed by atoms with Crippen LogP contribution >= 0.6 is 7.82 Å². The molecule has 3 aromatic heterocycles. The van der Waals surface area contributed by atoms with E-state index in [1.165, 1.54) is 23.4 Å². The number of fused-ring (bicyclic) bond motifs is 1. The molecule has 0 amide bonds. The summed E-state index contributed by atoms with van der Waals surface area (Å²) in [5.74, 6) is 0.195. The molecule has 29 heavy (non-hydrogen) atoms. The maximum absolute atomic E-state index is 10.8. The van der Waals surface area contributed by atoms with Gasteiger partial charge < -0.3 is 44.0 Å². The molecule has 0 aromatic carbocycles. The van der Waals surface area contributed by atoms with Crippen molar-refractivity contribution < 1.29 is 67.8 Å². The minimum atomic E-state index is -5.01. The molecule has 4 heterocycles. The number of aromatic nitrogens is 3. The third-order valence-corrected chi connectivity index (χ3v) is 4.96. The van der Waals surface area contributed by atoms with Gasteiger partial charge >= 0.3 is 29.6 Å². The SMILES string of the molecule is Nc1ncnc2c1c(-c1ccoc1)cn2[C@@H]1O[C@H](COP(=O)([O-])O)C(O)[C@@H]1O.[Na+]. The van der Waals surface area contributed by atoms with Crippen LogP contribution in [0.3, 0.4) is 0 Å². The normalized spacial score (nSPS) is 26.3. The first kappa shape index (κ1) is 22.4. The average Bonchev–Trinajstić information content (AvgIpc) is 3.33. The van der Waals surface area contributed by atoms with E-state index in [1.807, 2.05) is 0 Å². The second-order valence-corrected chi connectivity index (χ2v) is 7.43. The Kier molecular flexibility index (Phi) is 6.51. The van der Waals surface area contributed by atoms with Gasteiger partial charge in [-0.1, -0.05) is 0 Å². The molecule has 4 rings (SSSR count). The number of hydrogen-bond acceptors (Lipinski definition) is 10. The molecular formula is C15H16N4NaO8P. The van der Waals surface area contributed by atoms with Gasteiger partial charge in [-0.2, -0.15) is 0 Å². The molecule has 5 N–H and O–H groups in total. The van der Waals surface area contributed by atoms with Gasteiger partial charge in [0.05, 0.1) is 24.5 Å². The first-order chi connectivity index (χ1) is 13.3. The molecule has 14 heteroatoms. The molecular weight excluding hydrogens is 418 g/mol. The maximum atomic E-state index is 10.8. The summed E-state index contributed by atoms with van der Waals surface area (Å²) in [6, 6.07) is 1.70. The van der Waals surface area contributed by atoms with Crippen LogP contribution < -0.4 is 40.2 Å². The Morgan fingerprint density at radius 3 is 2.76 bits per heavy atom. The quantitative estimate of drug-likeness (QED) is 0.229. The Labute approximate surface area is 185 Å². The molecule has 2 unspecified atom stereocenters. The number of nitrogen functional groups attached to an aromatic ring is 1. The monoisotopic (exact) mass is 434 g/mol. The molecule has 0 bridgehead atoms. The molecule has 1 aliphatic heterocycles. The van der Waals surface area contributed by atoms with Crippen LogP contribution in [0, 0.1) is 0 Å². The Bertz CT molecular complexity index is 1040. The van der Waals surface area contributed by atoms with E-state index < -0.39 is 39.0 Å². The van der Waals surface area contributed by atoms with E-state index in [9.17, 15) is 19.7 Å². The van der Waals surface area contributed by atoms with E-state index in [0.717, 1.165) is 0 Å². The molecule has 0 spiro atoms. The Hall–Kier alpha value is -1.31. The van der Waals surface area contributed by atoms with Gasteiger partial charge in [-0.05, 0) is 6.07 Å². The number of nitrogens with zero attached hydrogens (tertiary/aromatic N) is 3. The van der Waals surface area contributed by atoms with Gasteiger partial charge in [0, 0.05) is 17.3 Å². The second-order valence-electron chi connectivity index (χ2n) is 6.23. The van der Waals surface area contributed by atoms with Gasteiger partial charge in [0.25, 0.3) is 7.82 Å². The molecule has 0 saturated carbocycles. The average molecular weight is 434 g/mol. The predicted molar refractivity (Wildman–Crippen MR) is 91.3 cm³/mol. The van der Waals surface area contributed by atoms with E-state index in [-0.39, 0.29) is 35.4 Å². The minimum absolute atomic E-state index is 0. The van der Waals surface area contributed by atoms with E-state index in [1.54, 1.807) is 12.3 Å². The van der Waals surface area contributed by atoms with Crippen LogP contribution in [0.2, 0.25) is 0 Å². The van der Waals surface area contributed by atoms with Crippen LogP contribution in [0.25, 0.3) is 22.2 Å². The third kappa shape index (κ3) is 4.28. The summed E-state index contributed by atoms with van der Waals surface area (Å²) in [7, 11) is -5.01. The number of rotatable bonds is 5. The van der Waals surface area contributed by atoms with E-state index in [4.69, 9.17) is 19.8 Å². The zero-order valence-corrected chi connectivity index (χ0v) is 18.0. The largest absolute Gasteiger partial charge is 1.00 e. The fourth-order valence-corrected chi connectivity index (χ4v) is 3.54. The molecule has 1 aliphatic rings. The molecule has 1 fully saturated rings. The van der Waals surface area contributed by atoms with Crippen molar-refractivity contribution in [3.63, 3.8) is 0 Å². The van der Waals surface area contributed by atoms with E-state index >= 15 is 0 Å². The maximum Gasteiger partial charge on any atom is 1.00 e. The van der Waals surface area contributed by atoms with Crippen LogP contribution in [0.5, 0.6) is 0 Å². The van der Waals surface area contributed by atoms with Crippen molar-refractivity contribution >= 4 is 24.7 Å². The van der Waals surface area contributed by atoms with Crippen LogP contribution in [0.15, 0.2) is 35.5 Å². The summed E-state index contributed by atoms with van der Waals surface area (Å²) < 4.78 is 27.2. The number of furan rings is 1. The number of aliphatic hydroxyl groups excluding tert-OH is 2.